The summed E-state index contributed by atoms with van der Waals surface area (Å²) >= 11 is 1.92. The van der Waals surface area contributed by atoms with Gasteiger partial charge in [-0.3, -0.25) is 10.1 Å². The monoisotopic (exact) mass is 282 g/mol. The molecule has 0 saturated carbocycles. The third-order valence-electron chi connectivity index (χ3n) is 3.35. The van der Waals surface area contributed by atoms with Gasteiger partial charge in [-0.1, -0.05) is 6.92 Å². The van der Waals surface area contributed by atoms with Crippen LogP contribution in [-0.2, 0) is 6.61 Å². The van der Waals surface area contributed by atoms with Gasteiger partial charge >= 0.3 is 0 Å². The van der Waals surface area contributed by atoms with Crippen molar-refractivity contribution in [1.82, 2.24) is 0 Å². The molecule has 0 bridgehead atoms. The molecule has 19 heavy (non-hydrogen) atoms. The summed E-state index contributed by atoms with van der Waals surface area (Å²) in [6, 6.07) is 4.84. The number of hydrogen-bond acceptors (Lipinski definition) is 5. The summed E-state index contributed by atoms with van der Waals surface area (Å²) in [5.74, 6) is 0.985. The van der Waals surface area contributed by atoms with Crippen molar-refractivity contribution in [2.24, 2.45) is 0 Å². The molecule has 1 aliphatic rings. The minimum atomic E-state index is -0.348. The summed E-state index contributed by atoms with van der Waals surface area (Å²) in [4.78, 5) is 12.8. The molecule has 5 nitrogen and oxygen atoms in total. The van der Waals surface area contributed by atoms with Crippen LogP contribution in [0, 0.1) is 10.1 Å². The van der Waals surface area contributed by atoms with Gasteiger partial charge in [0.1, 0.15) is 5.69 Å². The molecule has 1 atom stereocenters. The number of nitrogens with zero attached hydrogens (tertiary/aromatic N) is 2. The third-order valence-corrected chi connectivity index (χ3v) is 4.73. The lowest BCUT2D eigenvalue weighted by Gasteiger charge is -2.33. The Bertz CT molecular complexity index is 467. The van der Waals surface area contributed by atoms with Crippen LogP contribution in [0.4, 0.5) is 11.4 Å². The molecule has 0 aromatic heterocycles. The molecule has 2 rings (SSSR count). The molecule has 1 N–H and O–H groups in total. The molecule has 1 saturated heterocycles. The Balaban J connectivity index is 2.32. The van der Waals surface area contributed by atoms with E-state index in [9.17, 15) is 15.2 Å². The highest BCUT2D eigenvalue weighted by Crippen LogP contribution is 2.33. The van der Waals surface area contributed by atoms with Gasteiger partial charge in [-0.05, 0) is 24.1 Å². The van der Waals surface area contributed by atoms with Crippen LogP contribution < -0.4 is 4.90 Å². The van der Waals surface area contributed by atoms with Crippen molar-refractivity contribution in [3.63, 3.8) is 0 Å². The van der Waals surface area contributed by atoms with E-state index in [4.69, 9.17) is 0 Å². The van der Waals surface area contributed by atoms with E-state index in [2.05, 4.69) is 11.8 Å². The van der Waals surface area contributed by atoms with E-state index in [0.29, 0.717) is 16.5 Å². The van der Waals surface area contributed by atoms with Gasteiger partial charge in [-0.15, -0.1) is 0 Å². The van der Waals surface area contributed by atoms with Gasteiger partial charge in [0.25, 0.3) is 5.69 Å². The second kappa shape index (κ2) is 6.25. The summed E-state index contributed by atoms with van der Waals surface area (Å²) < 4.78 is 0. The molecule has 1 aliphatic heterocycles. The standard InChI is InChI=1S/C13H18N2O3S/c1-2-11-8-14(5-6-19-11)13-7-10(9-16)3-4-12(13)15(17)18/h3-4,7,11,16H,2,5-6,8-9H2,1H3. The number of nitro groups is 1. The zero-order valence-corrected chi connectivity index (χ0v) is 11.7. The fourth-order valence-corrected chi connectivity index (χ4v) is 3.44. The molecule has 1 heterocycles. The quantitative estimate of drug-likeness (QED) is 0.678. The number of anilines is 1. The Kier molecular flexibility index (Phi) is 4.66. The fourth-order valence-electron chi connectivity index (χ4n) is 2.26. The topological polar surface area (TPSA) is 66.6 Å². The van der Waals surface area contributed by atoms with Gasteiger partial charge in [0.2, 0.25) is 0 Å². The molecule has 0 aliphatic carbocycles. The number of aliphatic hydroxyl groups is 1. The Morgan fingerprint density at radius 3 is 3.00 bits per heavy atom. The lowest BCUT2D eigenvalue weighted by Crippen LogP contribution is -2.38. The number of rotatable bonds is 4. The maximum Gasteiger partial charge on any atom is 0.292 e. The van der Waals surface area contributed by atoms with Crippen molar-refractivity contribution in [2.45, 2.75) is 25.2 Å². The Morgan fingerprint density at radius 2 is 2.37 bits per heavy atom. The van der Waals surface area contributed by atoms with Crippen LogP contribution in [0.15, 0.2) is 18.2 Å². The van der Waals surface area contributed by atoms with Crippen LogP contribution in [0.3, 0.4) is 0 Å². The van der Waals surface area contributed by atoms with E-state index in [0.717, 1.165) is 25.3 Å². The van der Waals surface area contributed by atoms with Gasteiger partial charge < -0.3 is 10.0 Å². The Morgan fingerprint density at radius 1 is 1.58 bits per heavy atom. The van der Waals surface area contributed by atoms with Crippen molar-refractivity contribution in [3.8, 4) is 0 Å². The first-order valence-corrected chi connectivity index (χ1v) is 7.45. The molecule has 104 valence electrons. The smallest absolute Gasteiger partial charge is 0.292 e. The van der Waals surface area contributed by atoms with E-state index in [1.807, 2.05) is 11.8 Å². The molecular weight excluding hydrogens is 264 g/mol. The minimum absolute atomic E-state index is 0.0925. The number of thioether (sulfide) groups is 1. The molecule has 1 unspecified atom stereocenters. The molecular formula is C13H18N2O3S. The van der Waals surface area contributed by atoms with Crippen LogP contribution in [-0.4, -0.2) is 34.1 Å². The van der Waals surface area contributed by atoms with Crippen molar-refractivity contribution in [1.29, 1.82) is 0 Å². The van der Waals surface area contributed by atoms with Gasteiger partial charge in [-0.2, -0.15) is 11.8 Å². The highest BCUT2D eigenvalue weighted by Gasteiger charge is 2.25. The van der Waals surface area contributed by atoms with Crippen molar-refractivity contribution in [3.05, 3.63) is 33.9 Å². The first kappa shape index (κ1) is 14.1. The number of hydrogen-bond donors (Lipinski definition) is 1. The SMILES string of the molecule is CCC1CN(c2cc(CO)ccc2[N+](=O)[O-])CCS1. The Labute approximate surface area is 116 Å². The fraction of sp³-hybridized carbons (Fsp3) is 0.538. The maximum atomic E-state index is 11.1. The van der Waals surface area contributed by atoms with Gasteiger partial charge in [-0.25, -0.2) is 0 Å². The van der Waals surface area contributed by atoms with E-state index in [-0.39, 0.29) is 17.2 Å². The van der Waals surface area contributed by atoms with Crippen LogP contribution in [0.1, 0.15) is 18.9 Å². The summed E-state index contributed by atoms with van der Waals surface area (Å²) in [6.07, 6.45) is 1.06. The third kappa shape index (κ3) is 3.19. The van der Waals surface area contributed by atoms with Crippen molar-refractivity contribution >= 4 is 23.1 Å². The zero-order chi connectivity index (χ0) is 13.8. The van der Waals surface area contributed by atoms with E-state index >= 15 is 0 Å². The first-order chi connectivity index (χ1) is 9.15. The first-order valence-electron chi connectivity index (χ1n) is 6.40. The highest BCUT2D eigenvalue weighted by atomic mass is 32.2. The average Bonchev–Trinajstić information content (AvgIpc) is 2.46. The average molecular weight is 282 g/mol. The predicted octanol–water partition coefficient (Wildman–Crippen LogP) is 2.42. The second-order valence-electron chi connectivity index (χ2n) is 4.59. The lowest BCUT2D eigenvalue weighted by molar-refractivity contribution is -0.384. The Hall–Kier alpha value is -1.27. The number of aliphatic hydroxyl groups excluding tert-OH is 1. The molecule has 0 amide bonds. The van der Waals surface area contributed by atoms with Crippen molar-refractivity contribution < 1.29 is 10.0 Å². The summed E-state index contributed by atoms with van der Waals surface area (Å²) in [7, 11) is 0. The molecule has 1 aromatic carbocycles. The molecule has 0 spiro atoms. The molecule has 1 aromatic rings. The van der Waals surface area contributed by atoms with Crippen LogP contribution >= 0.6 is 11.8 Å². The molecule has 0 radical (unpaired) electrons. The molecule has 6 heteroatoms. The summed E-state index contributed by atoms with van der Waals surface area (Å²) in [6.45, 7) is 3.69. The van der Waals surface area contributed by atoms with Crippen LogP contribution in [0.25, 0.3) is 0 Å². The maximum absolute atomic E-state index is 11.1. The van der Waals surface area contributed by atoms with Gasteiger partial charge in [0.05, 0.1) is 11.5 Å². The summed E-state index contributed by atoms with van der Waals surface area (Å²) in [5, 5.41) is 20.8. The van der Waals surface area contributed by atoms with E-state index in [1.165, 1.54) is 6.07 Å². The summed E-state index contributed by atoms with van der Waals surface area (Å²) in [5.41, 5.74) is 1.47. The minimum Gasteiger partial charge on any atom is -0.392 e. The lowest BCUT2D eigenvalue weighted by atomic mass is 10.1. The highest BCUT2D eigenvalue weighted by molar-refractivity contribution is 8.00. The largest absolute Gasteiger partial charge is 0.392 e. The zero-order valence-electron chi connectivity index (χ0n) is 10.9. The van der Waals surface area contributed by atoms with Crippen LogP contribution in [0.2, 0.25) is 0 Å². The van der Waals surface area contributed by atoms with E-state index < -0.39 is 0 Å². The van der Waals surface area contributed by atoms with E-state index in [1.54, 1.807) is 12.1 Å². The molecule has 1 fully saturated rings. The van der Waals surface area contributed by atoms with Gasteiger partial charge in [0, 0.05) is 30.2 Å². The number of benzene rings is 1. The second-order valence-corrected chi connectivity index (χ2v) is 5.99. The number of nitro benzene ring substituents is 1. The van der Waals surface area contributed by atoms with Gasteiger partial charge in [0.15, 0.2) is 0 Å². The predicted molar refractivity (Wildman–Crippen MR) is 77.8 cm³/mol. The van der Waals surface area contributed by atoms with Crippen LogP contribution in [0.5, 0.6) is 0 Å². The normalized spacial score (nSPS) is 19.5. The van der Waals surface area contributed by atoms with Crippen molar-refractivity contribution in [2.75, 3.05) is 23.7 Å².